The van der Waals surface area contributed by atoms with E-state index in [0.29, 0.717) is 0 Å². The van der Waals surface area contributed by atoms with Gasteiger partial charge >= 0.3 is 6.72 Å². The minimum atomic E-state index is -3.96. The molecule has 1 saturated heterocycles. The molecule has 0 saturated carbocycles. The van der Waals surface area contributed by atoms with Crippen molar-refractivity contribution in [3.8, 4) is 0 Å². The normalized spacial score (nSPS) is 29.0. The van der Waals surface area contributed by atoms with Crippen molar-refractivity contribution in [1.82, 2.24) is 19.5 Å². The number of ether oxygens (including phenoxy) is 1. The van der Waals surface area contributed by atoms with Crippen molar-refractivity contribution in [3.63, 3.8) is 0 Å². The molecule has 2 aromatic rings. The first kappa shape index (κ1) is 19.1. The zero-order chi connectivity index (χ0) is 19.1. The number of anilines is 1. The molecule has 0 aromatic carbocycles. The Morgan fingerprint density at radius 3 is 2.88 bits per heavy atom. The maximum atomic E-state index is 11.0. The van der Waals surface area contributed by atoms with E-state index < -0.39 is 37.4 Å². The number of aliphatic hydroxyl groups excluding tert-OH is 1. The minimum absolute atomic E-state index is 0.135. The number of nitrogens with two attached hydrogens (primary N) is 1. The summed E-state index contributed by atoms with van der Waals surface area (Å²) in [6, 6.07) is 0. The maximum Gasteiger partial charge on any atom is 0.321 e. The quantitative estimate of drug-likeness (QED) is 0.306. The molecule has 1 aliphatic heterocycles. The molecule has 0 radical (unpaired) electrons. The van der Waals surface area contributed by atoms with Crippen molar-refractivity contribution in [2.24, 2.45) is 0 Å². The lowest BCUT2D eigenvalue weighted by atomic mass is 9.94. The fourth-order valence-electron chi connectivity index (χ4n) is 2.74. The standard InChI is InChI=1S/C13H16N5O6PS/c1-2-3-13(20)9(19)7(4-23-25(21,22)26)24-12(13)18-6-17-8-10(14)15-5-16-11(8)18/h3,5-7,9,12,19-20H,1,4H2,(H2,14,15,16)(H2,21,22,26)/t7-,9-,12-,13-/m1/s1. The summed E-state index contributed by atoms with van der Waals surface area (Å²) < 4.78 is 11.8. The molecule has 6 N–H and O–H groups in total. The molecule has 0 amide bonds. The van der Waals surface area contributed by atoms with Gasteiger partial charge in [0.1, 0.15) is 24.1 Å². The van der Waals surface area contributed by atoms with Crippen LogP contribution >= 0.6 is 6.72 Å². The predicted octanol–water partition coefficient (Wildman–Crippen LogP) is -1.04. The molecule has 140 valence electrons. The van der Waals surface area contributed by atoms with E-state index >= 15 is 0 Å². The van der Waals surface area contributed by atoms with Crippen molar-refractivity contribution >= 4 is 35.5 Å². The molecule has 2 aromatic heterocycles. The Kier molecular flexibility index (Phi) is 4.97. The minimum Gasteiger partial charge on any atom is -0.387 e. The second kappa shape index (κ2) is 6.78. The topological polar surface area (TPSA) is 169 Å². The smallest absolute Gasteiger partial charge is 0.321 e. The molecular weight excluding hydrogens is 385 g/mol. The molecule has 13 heteroatoms. The summed E-state index contributed by atoms with van der Waals surface area (Å²) in [5.41, 5.74) is 6.74. The van der Waals surface area contributed by atoms with Crippen molar-refractivity contribution in [2.45, 2.75) is 24.0 Å². The Hall–Kier alpha value is -1.72. The second-order valence-corrected chi connectivity index (χ2v) is 8.24. The Bertz CT molecular complexity index is 927. The van der Waals surface area contributed by atoms with Crippen molar-refractivity contribution in [3.05, 3.63) is 31.0 Å². The van der Waals surface area contributed by atoms with Crippen LogP contribution in [0, 0.1) is 0 Å². The van der Waals surface area contributed by atoms with Gasteiger partial charge in [-0.25, -0.2) is 15.0 Å². The van der Waals surface area contributed by atoms with E-state index in [2.05, 4.69) is 39.1 Å². The van der Waals surface area contributed by atoms with Gasteiger partial charge in [0, 0.05) is 0 Å². The third-order valence-corrected chi connectivity index (χ3v) is 4.71. The fraction of sp³-hybridized carbons (Fsp3) is 0.385. The van der Waals surface area contributed by atoms with Gasteiger partial charge in [-0.3, -0.25) is 4.57 Å². The SMILES string of the molecule is C=C=C[C@@]1(O)[C@H](O)[C@@H](COP(O)(O)=S)O[C@H]1n1cnc2c(N)ncnc21. The van der Waals surface area contributed by atoms with Crippen LogP contribution in [0.4, 0.5) is 5.82 Å². The summed E-state index contributed by atoms with van der Waals surface area (Å²) in [7, 11) is 0. The molecule has 0 spiro atoms. The van der Waals surface area contributed by atoms with Crippen LogP contribution in [0.15, 0.2) is 31.0 Å². The average molecular weight is 401 g/mol. The highest BCUT2D eigenvalue weighted by molar-refractivity contribution is 8.06. The third-order valence-electron chi connectivity index (χ3n) is 3.91. The third kappa shape index (κ3) is 3.30. The first-order valence-electron chi connectivity index (χ1n) is 7.23. The van der Waals surface area contributed by atoms with E-state index in [4.69, 9.17) is 15.0 Å². The lowest BCUT2D eigenvalue weighted by Crippen LogP contribution is -2.45. The van der Waals surface area contributed by atoms with Crippen LogP contribution in [0.5, 0.6) is 0 Å². The fourth-order valence-corrected chi connectivity index (χ4v) is 3.27. The van der Waals surface area contributed by atoms with Crippen LogP contribution < -0.4 is 5.73 Å². The number of hydrogen-bond acceptors (Lipinski definition) is 9. The number of hydrogen-bond donors (Lipinski definition) is 5. The van der Waals surface area contributed by atoms with E-state index in [0.717, 1.165) is 6.08 Å². The van der Waals surface area contributed by atoms with Crippen LogP contribution in [0.1, 0.15) is 6.23 Å². The van der Waals surface area contributed by atoms with Gasteiger partial charge < -0.3 is 35.0 Å². The molecule has 0 bridgehead atoms. The summed E-state index contributed by atoms with van der Waals surface area (Å²) >= 11 is 4.38. The largest absolute Gasteiger partial charge is 0.387 e. The molecule has 26 heavy (non-hydrogen) atoms. The van der Waals surface area contributed by atoms with Crippen molar-refractivity contribution in [1.29, 1.82) is 0 Å². The highest BCUT2D eigenvalue weighted by atomic mass is 32.5. The number of rotatable bonds is 5. The van der Waals surface area contributed by atoms with Crippen LogP contribution in [0.2, 0.25) is 0 Å². The molecular formula is C13H16N5O6PS. The van der Waals surface area contributed by atoms with Gasteiger partial charge in [0.05, 0.1) is 12.9 Å². The van der Waals surface area contributed by atoms with Crippen molar-refractivity contribution in [2.75, 3.05) is 12.3 Å². The maximum absolute atomic E-state index is 11.0. The molecule has 4 atom stereocenters. The van der Waals surface area contributed by atoms with E-state index in [9.17, 15) is 20.0 Å². The summed E-state index contributed by atoms with van der Waals surface area (Å²) in [6.07, 6.45) is -0.173. The Morgan fingerprint density at radius 1 is 1.50 bits per heavy atom. The summed E-state index contributed by atoms with van der Waals surface area (Å²) in [6.45, 7) is -1.01. The van der Waals surface area contributed by atoms with Gasteiger partial charge in [0.25, 0.3) is 0 Å². The number of imidazole rings is 1. The first-order chi connectivity index (χ1) is 12.2. The van der Waals surface area contributed by atoms with Gasteiger partial charge in [0.15, 0.2) is 23.3 Å². The first-order valence-corrected chi connectivity index (χ1v) is 9.86. The van der Waals surface area contributed by atoms with Crippen LogP contribution in [-0.4, -0.2) is 63.9 Å². The van der Waals surface area contributed by atoms with Gasteiger partial charge in [-0.2, -0.15) is 0 Å². The number of aliphatic hydroxyl groups is 2. The number of nitrogen functional groups attached to an aromatic ring is 1. The van der Waals surface area contributed by atoms with Gasteiger partial charge in [-0.05, 0) is 17.9 Å². The zero-order valence-electron chi connectivity index (χ0n) is 13.2. The van der Waals surface area contributed by atoms with Crippen LogP contribution in [-0.2, 0) is 21.1 Å². The average Bonchev–Trinajstić information content (AvgIpc) is 3.07. The number of fused-ring (bicyclic) bond motifs is 1. The number of nitrogens with zero attached hydrogens (tertiary/aromatic N) is 4. The predicted molar refractivity (Wildman–Crippen MR) is 93.0 cm³/mol. The van der Waals surface area contributed by atoms with Gasteiger partial charge in [-0.15, -0.1) is 5.73 Å². The molecule has 11 nitrogen and oxygen atoms in total. The lowest BCUT2D eigenvalue weighted by Gasteiger charge is -2.27. The Labute approximate surface area is 152 Å². The van der Waals surface area contributed by atoms with E-state index in [1.54, 1.807) is 0 Å². The Morgan fingerprint density at radius 2 is 2.23 bits per heavy atom. The van der Waals surface area contributed by atoms with E-state index in [1.807, 2.05) is 0 Å². The highest BCUT2D eigenvalue weighted by Gasteiger charge is 2.55. The van der Waals surface area contributed by atoms with E-state index in [1.165, 1.54) is 17.2 Å². The number of aromatic nitrogens is 4. The summed E-state index contributed by atoms with van der Waals surface area (Å²) in [4.78, 5) is 30.4. The molecule has 0 aliphatic carbocycles. The summed E-state index contributed by atoms with van der Waals surface area (Å²) in [5.74, 6) is 0.135. The molecule has 3 heterocycles. The second-order valence-electron chi connectivity index (χ2n) is 5.58. The molecule has 0 unspecified atom stereocenters. The molecule has 3 rings (SSSR count). The van der Waals surface area contributed by atoms with E-state index in [-0.39, 0.29) is 17.0 Å². The van der Waals surface area contributed by atoms with Gasteiger partial charge in [-0.1, -0.05) is 6.58 Å². The lowest BCUT2D eigenvalue weighted by molar-refractivity contribution is -0.0766. The van der Waals surface area contributed by atoms with Crippen LogP contribution in [0.25, 0.3) is 11.2 Å². The Balaban J connectivity index is 2.02. The monoisotopic (exact) mass is 401 g/mol. The summed E-state index contributed by atoms with van der Waals surface area (Å²) in [5, 5.41) is 21.5. The van der Waals surface area contributed by atoms with Crippen molar-refractivity contribution < 1.29 is 29.3 Å². The van der Waals surface area contributed by atoms with Gasteiger partial charge in [0.2, 0.25) is 0 Å². The highest BCUT2D eigenvalue weighted by Crippen LogP contribution is 2.43. The zero-order valence-corrected chi connectivity index (χ0v) is 14.9. The van der Waals surface area contributed by atoms with Crippen LogP contribution in [0.3, 0.4) is 0 Å². The molecule has 1 aliphatic rings. The molecule has 1 fully saturated rings.